The van der Waals surface area contributed by atoms with Crippen LogP contribution in [0.1, 0.15) is 25.6 Å². The largest absolute Gasteiger partial charge is 0.376 e. The molecule has 138 valence electrons. The van der Waals surface area contributed by atoms with Crippen LogP contribution in [0.3, 0.4) is 0 Å². The van der Waals surface area contributed by atoms with Crippen LogP contribution in [-0.2, 0) is 17.1 Å². The van der Waals surface area contributed by atoms with Crippen molar-refractivity contribution in [3.05, 3.63) is 24.3 Å². The maximum Gasteiger partial charge on any atom is 0.259 e. The molecule has 0 spiro atoms. The molecule has 0 aliphatic carbocycles. The van der Waals surface area contributed by atoms with Crippen molar-refractivity contribution in [2.75, 3.05) is 37.4 Å². The fourth-order valence-electron chi connectivity index (χ4n) is 2.26. The zero-order valence-corrected chi connectivity index (χ0v) is 16.0. The van der Waals surface area contributed by atoms with Gasteiger partial charge in [-0.1, -0.05) is 13.8 Å². The molecule has 9 nitrogen and oxygen atoms in total. The highest BCUT2D eigenvalue weighted by Crippen LogP contribution is 2.16. The predicted molar refractivity (Wildman–Crippen MR) is 97.3 cm³/mol. The second kappa shape index (κ2) is 7.79. The van der Waals surface area contributed by atoms with Crippen LogP contribution in [0.25, 0.3) is 0 Å². The van der Waals surface area contributed by atoms with Gasteiger partial charge in [0.25, 0.3) is 10.0 Å². The van der Waals surface area contributed by atoms with Gasteiger partial charge in [-0.15, -0.1) is 5.10 Å². The molecule has 10 heteroatoms. The van der Waals surface area contributed by atoms with Crippen LogP contribution in [0.15, 0.2) is 23.5 Å². The summed E-state index contributed by atoms with van der Waals surface area (Å²) >= 11 is 0. The zero-order valence-electron chi connectivity index (χ0n) is 15.2. The van der Waals surface area contributed by atoms with E-state index in [0.717, 1.165) is 11.5 Å². The van der Waals surface area contributed by atoms with E-state index < -0.39 is 10.0 Å². The van der Waals surface area contributed by atoms with Crippen LogP contribution < -0.4 is 14.9 Å². The number of aromatic nitrogens is 4. The van der Waals surface area contributed by atoms with Crippen molar-refractivity contribution < 1.29 is 8.42 Å². The van der Waals surface area contributed by atoms with E-state index in [4.69, 9.17) is 0 Å². The standard InChI is InChI=1S/C15H25N7O2S/c1-11(2)15-19-14(10-22(15)5)25(23,24)18-7-6-16-13-8-12(21(3)4)9-17-20-13/h8-11,18H,6-7H2,1-5H3,(H,16,20). The number of imidazole rings is 1. The van der Waals surface area contributed by atoms with E-state index in [1.165, 1.54) is 6.20 Å². The third kappa shape index (κ3) is 4.89. The lowest BCUT2D eigenvalue weighted by Crippen LogP contribution is -2.29. The van der Waals surface area contributed by atoms with Crippen LogP contribution in [0.2, 0.25) is 0 Å². The summed E-state index contributed by atoms with van der Waals surface area (Å²) in [4.78, 5) is 6.13. The molecule has 0 saturated carbocycles. The van der Waals surface area contributed by atoms with Crippen molar-refractivity contribution in [1.82, 2.24) is 24.5 Å². The first-order valence-electron chi connectivity index (χ1n) is 7.97. The predicted octanol–water partition coefficient (Wildman–Crippen LogP) is 0.790. The van der Waals surface area contributed by atoms with Gasteiger partial charge in [0.2, 0.25) is 0 Å². The highest BCUT2D eigenvalue weighted by atomic mass is 32.2. The molecule has 2 N–H and O–H groups in total. The summed E-state index contributed by atoms with van der Waals surface area (Å²) in [7, 11) is 1.97. The van der Waals surface area contributed by atoms with Crippen molar-refractivity contribution in [1.29, 1.82) is 0 Å². The molecule has 0 aliphatic rings. The lowest BCUT2D eigenvalue weighted by Gasteiger charge is -2.12. The van der Waals surface area contributed by atoms with Crippen LogP contribution >= 0.6 is 0 Å². The number of nitrogens with zero attached hydrogens (tertiary/aromatic N) is 5. The quantitative estimate of drug-likeness (QED) is 0.665. The molecule has 0 bridgehead atoms. The van der Waals surface area contributed by atoms with Gasteiger partial charge in [-0.05, 0) is 0 Å². The Morgan fingerprint density at radius 3 is 2.60 bits per heavy atom. The van der Waals surface area contributed by atoms with E-state index in [9.17, 15) is 8.42 Å². The topological polar surface area (TPSA) is 105 Å². The monoisotopic (exact) mass is 367 g/mol. The number of sulfonamides is 1. The second-order valence-electron chi connectivity index (χ2n) is 6.22. The molecule has 25 heavy (non-hydrogen) atoms. The first-order valence-corrected chi connectivity index (χ1v) is 9.46. The molecule has 0 aliphatic heterocycles. The van der Waals surface area contributed by atoms with E-state index in [2.05, 4.69) is 25.2 Å². The molecule has 0 atom stereocenters. The molecule has 0 amide bonds. The molecule has 0 fully saturated rings. The highest BCUT2D eigenvalue weighted by molar-refractivity contribution is 7.89. The molecule has 0 radical (unpaired) electrons. The highest BCUT2D eigenvalue weighted by Gasteiger charge is 2.20. The third-order valence-electron chi connectivity index (χ3n) is 3.56. The summed E-state index contributed by atoms with van der Waals surface area (Å²) in [5.41, 5.74) is 0.910. The van der Waals surface area contributed by atoms with E-state index >= 15 is 0 Å². The molecule has 2 aromatic rings. The Balaban J connectivity index is 1.92. The summed E-state index contributed by atoms with van der Waals surface area (Å²) < 4.78 is 28.9. The SMILES string of the molecule is CC(C)c1nc(S(=O)(=O)NCCNc2cc(N(C)C)cnn2)cn1C. The van der Waals surface area contributed by atoms with Crippen LogP contribution in [-0.4, -0.2) is 55.4 Å². The minimum absolute atomic E-state index is 0.0353. The Hall–Kier alpha value is -2.20. The van der Waals surface area contributed by atoms with Gasteiger partial charge in [-0.3, -0.25) is 0 Å². The van der Waals surface area contributed by atoms with E-state index in [1.54, 1.807) is 17.8 Å². The summed E-state index contributed by atoms with van der Waals surface area (Å²) in [5, 5.41) is 11.0. The number of aryl methyl sites for hydroxylation is 1. The summed E-state index contributed by atoms with van der Waals surface area (Å²) in [6, 6.07) is 1.84. The Bertz CT molecular complexity index is 815. The fourth-order valence-corrected chi connectivity index (χ4v) is 3.28. The van der Waals surface area contributed by atoms with E-state index in [1.807, 2.05) is 38.9 Å². The number of nitrogens with one attached hydrogen (secondary N) is 2. The van der Waals surface area contributed by atoms with E-state index in [-0.39, 0.29) is 17.5 Å². The van der Waals surface area contributed by atoms with Gasteiger partial charge in [0.15, 0.2) is 10.8 Å². The van der Waals surface area contributed by atoms with Crippen molar-refractivity contribution in [2.45, 2.75) is 24.8 Å². The maximum absolute atomic E-state index is 12.3. The second-order valence-corrected chi connectivity index (χ2v) is 7.93. The summed E-state index contributed by atoms with van der Waals surface area (Å²) in [6.07, 6.45) is 3.18. The zero-order chi connectivity index (χ0) is 18.6. The molecule has 0 aromatic carbocycles. The molecule has 2 heterocycles. The smallest absolute Gasteiger partial charge is 0.259 e. The number of rotatable bonds is 8. The van der Waals surface area contributed by atoms with Crippen LogP contribution in [0, 0.1) is 0 Å². The van der Waals surface area contributed by atoms with E-state index in [0.29, 0.717) is 12.4 Å². The first kappa shape index (κ1) is 19.1. The lowest BCUT2D eigenvalue weighted by atomic mass is 10.2. The Kier molecular flexibility index (Phi) is 5.96. The van der Waals surface area contributed by atoms with Crippen molar-refractivity contribution in [3.8, 4) is 0 Å². The van der Waals surface area contributed by atoms with Gasteiger partial charge in [0.1, 0.15) is 5.82 Å². The van der Waals surface area contributed by atoms with Gasteiger partial charge in [0.05, 0.1) is 11.9 Å². The van der Waals surface area contributed by atoms with Gasteiger partial charge >= 0.3 is 0 Å². The maximum atomic E-state index is 12.3. The Morgan fingerprint density at radius 2 is 2.00 bits per heavy atom. The number of hydrogen-bond donors (Lipinski definition) is 2. The number of anilines is 2. The van der Waals surface area contributed by atoms with Gasteiger partial charge in [-0.25, -0.2) is 18.1 Å². The average Bonchev–Trinajstić information content (AvgIpc) is 2.95. The normalized spacial score (nSPS) is 11.8. The molecule has 0 unspecified atom stereocenters. The molecule has 2 aromatic heterocycles. The summed E-state index contributed by atoms with van der Waals surface area (Å²) in [5.74, 6) is 1.47. The minimum atomic E-state index is -3.64. The molecular formula is C15H25N7O2S. The Labute approximate surface area is 148 Å². The van der Waals surface area contributed by atoms with Crippen molar-refractivity contribution in [3.63, 3.8) is 0 Å². The Morgan fingerprint density at radius 1 is 1.28 bits per heavy atom. The van der Waals surface area contributed by atoms with Crippen LogP contribution in [0.5, 0.6) is 0 Å². The van der Waals surface area contributed by atoms with Crippen molar-refractivity contribution in [2.24, 2.45) is 7.05 Å². The van der Waals surface area contributed by atoms with Crippen LogP contribution in [0.4, 0.5) is 11.5 Å². The average molecular weight is 367 g/mol. The lowest BCUT2D eigenvalue weighted by molar-refractivity contribution is 0.579. The summed E-state index contributed by atoms with van der Waals surface area (Å²) in [6.45, 7) is 4.54. The van der Waals surface area contributed by atoms with Gasteiger partial charge in [-0.2, -0.15) is 5.10 Å². The molecule has 0 saturated heterocycles. The fraction of sp³-hybridized carbons (Fsp3) is 0.533. The van der Waals surface area contributed by atoms with Crippen molar-refractivity contribution >= 4 is 21.5 Å². The first-order chi connectivity index (χ1) is 11.7. The molecule has 2 rings (SSSR count). The minimum Gasteiger partial charge on any atom is -0.376 e. The number of hydrogen-bond acceptors (Lipinski definition) is 7. The van der Waals surface area contributed by atoms with Gasteiger partial charge < -0.3 is 14.8 Å². The molecular weight excluding hydrogens is 342 g/mol. The third-order valence-corrected chi connectivity index (χ3v) is 4.89. The van der Waals surface area contributed by atoms with Gasteiger partial charge in [0, 0.05) is 52.4 Å².